The zero-order chi connectivity index (χ0) is 81.2. The summed E-state index contributed by atoms with van der Waals surface area (Å²) < 4.78 is 0. The Morgan fingerprint density at radius 3 is 1.17 bits per heavy atom. The molecule has 109 heavy (non-hydrogen) atoms. The van der Waals surface area contributed by atoms with Crippen LogP contribution in [0.4, 0.5) is 0 Å². The van der Waals surface area contributed by atoms with Crippen molar-refractivity contribution in [2.45, 2.75) is 171 Å². The average molecular weight is 1530 g/mol. The number of carboxylic acids is 4. The van der Waals surface area contributed by atoms with Crippen LogP contribution in [0, 0.1) is 5.92 Å². The van der Waals surface area contributed by atoms with Crippen molar-refractivity contribution in [3.05, 3.63) is 138 Å². The molecule has 4 aromatic carbocycles. The lowest BCUT2D eigenvalue weighted by Crippen LogP contribution is -2.61. The van der Waals surface area contributed by atoms with E-state index in [1.807, 2.05) is 0 Å². The first-order valence-corrected chi connectivity index (χ1v) is 34.2. The molecule has 0 saturated carbocycles. The number of aliphatic carboxylic acids is 4. The van der Waals surface area contributed by atoms with Crippen LogP contribution in [0.5, 0.6) is 5.75 Å². The molecule has 0 aliphatic rings. The number of benzene rings is 4. The summed E-state index contributed by atoms with van der Waals surface area (Å²) in [5.41, 5.74) is 12.3. The Labute approximate surface area is 623 Å². The van der Waals surface area contributed by atoms with Crippen LogP contribution in [0.1, 0.15) is 88.5 Å². The number of primary amides is 1. The molecule has 13 amide bonds. The molecule has 0 fully saturated rings. The third-order valence-corrected chi connectivity index (χ3v) is 16.7. The van der Waals surface area contributed by atoms with Gasteiger partial charge in [-0.3, -0.25) is 76.7 Å². The highest BCUT2D eigenvalue weighted by molar-refractivity contribution is 6.01. The number of carbonyl (C=O) groups excluding carboxylic acids is 13. The first-order valence-electron chi connectivity index (χ1n) is 34.2. The first kappa shape index (κ1) is 88.9. The molecule has 0 bridgehead atoms. The Bertz CT molecular complexity index is 3860. The number of aliphatic hydroxyl groups is 2. The summed E-state index contributed by atoms with van der Waals surface area (Å²) in [4.78, 5) is 226. The van der Waals surface area contributed by atoms with Gasteiger partial charge in [0.15, 0.2) is 0 Å². The van der Waals surface area contributed by atoms with Crippen molar-refractivity contribution in [3.63, 3.8) is 0 Å². The number of hydrogen-bond donors (Lipinski definition) is 21. The summed E-state index contributed by atoms with van der Waals surface area (Å²) in [5.74, 6) is -22.2. The van der Waals surface area contributed by atoms with E-state index in [0.717, 1.165) is 6.92 Å². The van der Waals surface area contributed by atoms with Crippen LogP contribution in [-0.2, 0) is 107 Å². The molecule has 4 aromatic rings. The molecule has 38 nitrogen and oxygen atoms in total. The van der Waals surface area contributed by atoms with Crippen LogP contribution in [0.2, 0.25) is 0 Å². The number of aliphatic hydroxyl groups excluding tert-OH is 2. The van der Waals surface area contributed by atoms with Gasteiger partial charge in [-0.25, -0.2) is 4.79 Å². The second-order valence-electron chi connectivity index (χ2n) is 25.5. The Morgan fingerprint density at radius 1 is 0.394 bits per heavy atom. The maximum atomic E-state index is 14.7. The minimum atomic E-state index is -2.13. The molecule has 0 aliphatic heterocycles. The lowest BCUT2D eigenvalue weighted by atomic mass is 9.98. The fraction of sp³-hybridized carbons (Fsp3) is 0.423. The van der Waals surface area contributed by atoms with E-state index in [9.17, 15) is 117 Å². The summed E-state index contributed by atoms with van der Waals surface area (Å²) >= 11 is 0. The highest BCUT2D eigenvalue weighted by atomic mass is 16.4. The average Bonchev–Trinajstić information content (AvgIpc) is 0.804. The van der Waals surface area contributed by atoms with Crippen molar-refractivity contribution < 1.29 is 117 Å². The van der Waals surface area contributed by atoms with E-state index in [-0.39, 0.29) is 24.2 Å². The van der Waals surface area contributed by atoms with Crippen molar-refractivity contribution in [2.75, 3.05) is 13.2 Å². The smallest absolute Gasteiger partial charge is 0.326 e. The summed E-state index contributed by atoms with van der Waals surface area (Å²) in [6, 6.07) is 8.13. The minimum absolute atomic E-state index is 0.121. The largest absolute Gasteiger partial charge is 0.508 e. The summed E-state index contributed by atoms with van der Waals surface area (Å²) in [6.07, 6.45) is -7.38. The third kappa shape index (κ3) is 31.3. The summed E-state index contributed by atoms with van der Waals surface area (Å²) in [7, 11) is 0. The highest BCUT2D eigenvalue weighted by Gasteiger charge is 2.38. The number of amides is 13. The van der Waals surface area contributed by atoms with Crippen molar-refractivity contribution in [2.24, 2.45) is 17.4 Å². The number of hydrogen-bond acceptors (Lipinski definition) is 21. The Balaban J connectivity index is 1.58. The lowest BCUT2D eigenvalue weighted by molar-refractivity contribution is -0.144. The molecule has 0 aliphatic carbocycles. The van der Waals surface area contributed by atoms with Gasteiger partial charge < -0.3 is 111 Å². The number of carboxylic acid groups (broad SMARTS) is 4. The molecular weight excluding hydrogens is 1430 g/mol. The second-order valence-corrected chi connectivity index (χ2v) is 25.5. The maximum Gasteiger partial charge on any atom is 0.326 e. The quantitative estimate of drug-likeness (QED) is 0.0196. The topological polar surface area (TPSA) is 628 Å². The molecule has 4 rings (SSSR count). The number of phenols is 1. The maximum absolute atomic E-state index is 14.7. The van der Waals surface area contributed by atoms with Gasteiger partial charge in [-0.15, -0.1) is 0 Å². The van der Waals surface area contributed by atoms with Gasteiger partial charge in [-0.2, -0.15) is 0 Å². The minimum Gasteiger partial charge on any atom is -0.508 e. The van der Waals surface area contributed by atoms with Gasteiger partial charge in [0.05, 0.1) is 44.6 Å². The van der Waals surface area contributed by atoms with Crippen molar-refractivity contribution in [1.29, 1.82) is 0 Å². The molecule has 0 unspecified atom stereocenters. The van der Waals surface area contributed by atoms with Crippen LogP contribution < -0.4 is 75.3 Å². The Morgan fingerprint density at radius 2 is 0.761 bits per heavy atom. The zero-order valence-electron chi connectivity index (χ0n) is 59.8. The van der Waals surface area contributed by atoms with Crippen LogP contribution in [0.3, 0.4) is 0 Å². The van der Waals surface area contributed by atoms with Gasteiger partial charge in [0, 0.05) is 32.1 Å². The molecule has 0 aromatic heterocycles. The Kier molecular flexibility index (Phi) is 36.3. The van der Waals surface area contributed by atoms with Gasteiger partial charge in [0.25, 0.3) is 0 Å². The number of carbonyl (C=O) groups is 17. The molecule has 590 valence electrons. The fourth-order valence-electron chi connectivity index (χ4n) is 10.5. The van der Waals surface area contributed by atoms with E-state index < -0.39 is 243 Å². The van der Waals surface area contributed by atoms with E-state index in [1.54, 1.807) is 80.6 Å². The molecule has 0 saturated heterocycles. The standard InChI is InChI=1S/C71H92N14O24/c1-5-36(2)58(71(108)109)84-68(105)49(29-41-19-13-8-14-20-41)78-60(97)37(3)75-69(106)52(35-86)83-65(102)48(30-42-21-23-43(88)24-22-42)81-64(101)47(28-40-17-11-7-12-18-40)80-63(100)45(25-26-55(91)92)77-66(103)50(32-56(93)94)76-54(90)34-74-62(99)46(27-39-15-9-6-10-16-39)79-67(104)51(33-57(95)96)82-70(107)59(38(4)87)85-61(98)44(72)31-53(73)89/h6-24,36-38,44-52,58-59,86-88H,5,25-35,72H2,1-4H3,(H2,73,89)(H,74,99)(H,75,106)(H,76,90)(H,77,103)(H,78,97)(H,79,104)(H,80,100)(H,81,101)(H,82,107)(H,83,102)(H,84,105)(H,85,98)(H,91,92)(H,93,94)(H,95,96)(H,108,109)/t36-,37-,38+,44-,45-,46-,47-,48-,49-,50-,51-,52-,58-,59-/m0/s1. The van der Waals surface area contributed by atoms with Crippen LogP contribution in [0.25, 0.3) is 0 Å². The SMILES string of the molecule is CC[C@H](C)[C@H](NC(=O)[C@H](Cc1ccccc1)NC(=O)[C@H](C)NC(=O)[C@H](CO)NC(=O)[C@H](Cc1ccc(O)cc1)NC(=O)[C@H](Cc1ccccc1)NC(=O)[C@H](CCC(=O)O)NC(=O)[C@H](CC(=O)O)NC(=O)CNC(=O)[C@H](Cc1ccccc1)NC(=O)[C@H](CC(=O)O)NC(=O)[C@@H](NC(=O)[C@@H](N)CC(N)=O)[C@@H](C)O)C(=O)O. The number of aromatic hydroxyl groups is 1. The molecule has 0 heterocycles. The molecule has 23 N–H and O–H groups in total. The van der Waals surface area contributed by atoms with Gasteiger partial charge in [-0.05, 0) is 60.6 Å². The molecule has 14 atom stereocenters. The molecule has 0 radical (unpaired) electrons. The van der Waals surface area contributed by atoms with E-state index in [4.69, 9.17) is 11.5 Å². The fourth-order valence-corrected chi connectivity index (χ4v) is 10.5. The normalized spacial score (nSPS) is 14.8. The van der Waals surface area contributed by atoms with E-state index >= 15 is 0 Å². The zero-order valence-corrected chi connectivity index (χ0v) is 59.8. The number of nitrogens with one attached hydrogen (secondary N) is 12. The molecule has 38 heteroatoms. The van der Waals surface area contributed by atoms with E-state index in [1.165, 1.54) is 55.5 Å². The van der Waals surface area contributed by atoms with E-state index in [0.29, 0.717) is 23.1 Å². The van der Waals surface area contributed by atoms with E-state index in [2.05, 4.69) is 63.8 Å². The van der Waals surface area contributed by atoms with Crippen LogP contribution >= 0.6 is 0 Å². The highest BCUT2D eigenvalue weighted by Crippen LogP contribution is 2.16. The van der Waals surface area contributed by atoms with Gasteiger partial charge >= 0.3 is 23.9 Å². The second kappa shape index (κ2) is 44.5. The number of rotatable bonds is 46. The number of phenolic OH excluding ortho intramolecular Hbond substituents is 1. The van der Waals surface area contributed by atoms with Gasteiger partial charge in [0.1, 0.15) is 72.2 Å². The summed E-state index contributed by atoms with van der Waals surface area (Å²) in [5, 5.41) is 97.8. The number of nitrogens with two attached hydrogens (primary N) is 2. The van der Waals surface area contributed by atoms with Crippen molar-refractivity contribution in [1.82, 2.24) is 63.8 Å². The third-order valence-electron chi connectivity index (χ3n) is 16.7. The van der Waals surface area contributed by atoms with Gasteiger partial charge in [-0.1, -0.05) is 123 Å². The van der Waals surface area contributed by atoms with Crippen LogP contribution in [-0.4, -0.2) is 228 Å². The predicted molar refractivity (Wildman–Crippen MR) is 381 cm³/mol. The van der Waals surface area contributed by atoms with Crippen LogP contribution in [0.15, 0.2) is 115 Å². The lowest BCUT2D eigenvalue weighted by Gasteiger charge is -2.27. The summed E-state index contributed by atoms with van der Waals surface area (Å²) in [6.45, 7) is 3.37. The first-order chi connectivity index (χ1) is 51.5. The predicted octanol–water partition coefficient (Wildman–Crippen LogP) is -5.35. The van der Waals surface area contributed by atoms with Gasteiger partial charge in [0.2, 0.25) is 76.8 Å². The van der Waals surface area contributed by atoms with Crippen molar-refractivity contribution in [3.8, 4) is 5.75 Å². The molecule has 0 spiro atoms. The Hall–Kier alpha value is -12.4. The monoisotopic (exact) mass is 1520 g/mol. The molecular formula is C71H92N14O24. The van der Waals surface area contributed by atoms with Crippen molar-refractivity contribution >= 4 is 101 Å².